The van der Waals surface area contributed by atoms with Crippen LogP contribution in [0.5, 0.6) is 0 Å². The molecule has 8 aromatic carbocycles. The molecule has 15 rings (SSSR count). The lowest BCUT2D eigenvalue weighted by Crippen LogP contribution is -2.61. The maximum Gasteiger partial charge on any atom is 0.297 e. The molecule has 0 saturated heterocycles. The Morgan fingerprint density at radius 3 is 1.71 bits per heavy atom. The average molecular weight is 1050 g/mol. The van der Waals surface area contributed by atoms with Crippen LogP contribution in [0.4, 0.5) is 51.2 Å². The van der Waals surface area contributed by atoms with E-state index < -0.39 is 0 Å². The first-order valence-electron chi connectivity index (χ1n) is 29.8. The smallest absolute Gasteiger partial charge is 0.297 e. The number of anilines is 9. The Morgan fingerprint density at radius 1 is 0.487 bits per heavy atom. The minimum Gasteiger partial charge on any atom is -0.468 e. The molecule has 0 spiro atoms. The molecule has 402 valence electrons. The van der Waals surface area contributed by atoms with Crippen LogP contribution in [0.2, 0.25) is 0 Å². The molecule has 5 heteroatoms. The fourth-order valence-corrected chi connectivity index (χ4v) is 15.1. The van der Waals surface area contributed by atoms with E-state index in [-0.39, 0.29) is 39.2 Å². The predicted octanol–water partition coefficient (Wildman–Crippen LogP) is 19.0. The van der Waals surface area contributed by atoms with Gasteiger partial charge in [-0.2, -0.15) is 0 Å². The van der Waals surface area contributed by atoms with Gasteiger partial charge in [0, 0.05) is 45.1 Å². The normalized spacial score (nSPS) is 20.2. The number of fused-ring (bicyclic) bond motifs is 9. The van der Waals surface area contributed by atoms with Crippen molar-refractivity contribution >= 4 is 85.5 Å². The largest absolute Gasteiger partial charge is 0.468 e. The summed E-state index contributed by atoms with van der Waals surface area (Å²) in [6, 6.07) is 63.4. The van der Waals surface area contributed by atoms with E-state index in [9.17, 15) is 0 Å². The Hall–Kier alpha value is -7.24. The van der Waals surface area contributed by atoms with Gasteiger partial charge in [-0.15, -0.1) is 0 Å². The zero-order chi connectivity index (χ0) is 55.6. The van der Waals surface area contributed by atoms with Crippen LogP contribution in [0.25, 0.3) is 22.1 Å². The number of furan rings is 1. The zero-order valence-corrected chi connectivity index (χ0v) is 49.7. The topological polar surface area (TPSA) is 22.9 Å². The third-order valence-corrected chi connectivity index (χ3v) is 20.3. The van der Waals surface area contributed by atoms with Crippen molar-refractivity contribution in [1.29, 1.82) is 0 Å². The van der Waals surface area contributed by atoms with E-state index in [1.54, 1.807) is 0 Å². The standard InChI is InChI=1S/C75H78BN3O/c1-47-22-20-21-27-61(47)77(51-25-18-15-19-26-51)53-43-64-67-65(44-53)79(62-32-28-49(70(2,3)4)40-54(62)48-23-16-14-17-24-48)63-33-29-50(71(5,6)7)41-60(63)76(67)69-68(78(64)52-30-31-56-57(42-52)73(10,11)35-34-72(56,8)9)55-45-58-59(46-66(55)80-69)75(13)38-36-74(58,12)37-39-75/h14-33,40-46H,34-39H2,1-13H3. The molecule has 0 N–H and O–H groups in total. The quantitative estimate of drug-likeness (QED) is 0.155. The minimum absolute atomic E-state index is 0.00873. The molecule has 1 saturated carbocycles. The summed E-state index contributed by atoms with van der Waals surface area (Å²) in [4.78, 5) is 7.82. The van der Waals surface area contributed by atoms with E-state index in [0.29, 0.717) is 0 Å². The number of nitrogens with zero attached hydrogens (tertiary/aromatic N) is 3. The van der Waals surface area contributed by atoms with Gasteiger partial charge in [-0.3, -0.25) is 0 Å². The molecule has 3 heterocycles. The van der Waals surface area contributed by atoms with Crippen LogP contribution in [0.3, 0.4) is 0 Å². The summed E-state index contributed by atoms with van der Waals surface area (Å²) < 4.78 is 7.86. The maximum absolute atomic E-state index is 7.86. The Kier molecular flexibility index (Phi) is 11.1. The molecule has 1 aromatic heterocycles. The highest BCUT2D eigenvalue weighted by Crippen LogP contribution is 2.59. The van der Waals surface area contributed by atoms with Gasteiger partial charge in [0.25, 0.3) is 6.71 Å². The molecular weight excluding hydrogens is 970 g/mol. The molecule has 4 aliphatic carbocycles. The second-order valence-electron chi connectivity index (χ2n) is 28.7. The summed E-state index contributed by atoms with van der Waals surface area (Å²) in [7, 11) is 0. The van der Waals surface area contributed by atoms with Crippen molar-refractivity contribution in [3.63, 3.8) is 0 Å². The number of rotatable bonds is 6. The molecule has 1 fully saturated rings. The first-order chi connectivity index (χ1) is 38.0. The third-order valence-electron chi connectivity index (χ3n) is 20.3. The minimum atomic E-state index is -0.216. The van der Waals surface area contributed by atoms with Crippen LogP contribution in [-0.2, 0) is 32.5 Å². The highest BCUT2D eigenvalue weighted by atomic mass is 16.3. The number of hydrogen-bond donors (Lipinski definition) is 0. The molecule has 0 unspecified atom stereocenters. The van der Waals surface area contributed by atoms with Crippen molar-refractivity contribution < 1.29 is 4.42 Å². The summed E-state index contributed by atoms with van der Waals surface area (Å²) in [6.45, 7) is 31.0. The fourth-order valence-electron chi connectivity index (χ4n) is 15.1. The van der Waals surface area contributed by atoms with E-state index in [1.165, 1.54) is 115 Å². The fraction of sp³-hybridized carbons (Fsp3) is 0.333. The van der Waals surface area contributed by atoms with E-state index in [0.717, 1.165) is 52.5 Å². The van der Waals surface area contributed by atoms with Crippen molar-refractivity contribution in [2.75, 3.05) is 14.7 Å². The Labute approximate surface area is 477 Å². The predicted molar refractivity (Wildman–Crippen MR) is 341 cm³/mol. The van der Waals surface area contributed by atoms with Gasteiger partial charge in [0.05, 0.1) is 22.7 Å². The Bertz CT molecular complexity index is 3990. The van der Waals surface area contributed by atoms with Gasteiger partial charge in [0.1, 0.15) is 5.58 Å². The first-order valence-corrected chi connectivity index (χ1v) is 29.8. The van der Waals surface area contributed by atoms with Crippen molar-refractivity contribution in [3.05, 3.63) is 203 Å². The lowest BCUT2D eigenvalue weighted by atomic mass is 9.35. The lowest BCUT2D eigenvalue weighted by molar-refractivity contribution is 0.188. The molecular formula is C75H78BN3O. The van der Waals surface area contributed by atoms with Crippen molar-refractivity contribution in [1.82, 2.24) is 0 Å². The van der Waals surface area contributed by atoms with E-state index in [2.05, 4.69) is 269 Å². The number of para-hydroxylation sites is 2. The van der Waals surface area contributed by atoms with Gasteiger partial charge in [0.2, 0.25) is 0 Å². The third kappa shape index (κ3) is 7.68. The van der Waals surface area contributed by atoms with Crippen LogP contribution in [0, 0.1) is 6.92 Å². The zero-order valence-electron chi connectivity index (χ0n) is 49.7. The summed E-state index contributed by atoms with van der Waals surface area (Å²) in [5.41, 5.74) is 27.2. The highest BCUT2D eigenvalue weighted by molar-refractivity contribution is 7.00. The number of benzene rings is 8. The molecule has 2 aliphatic heterocycles. The molecule has 6 aliphatic rings. The molecule has 2 bridgehead atoms. The summed E-state index contributed by atoms with van der Waals surface area (Å²) in [5.74, 6) is 0. The van der Waals surface area contributed by atoms with Crippen molar-refractivity contribution in [2.24, 2.45) is 0 Å². The Morgan fingerprint density at radius 2 is 1.06 bits per heavy atom. The van der Waals surface area contributed by atoms with Gasteiger partial charge in [0.15, 0.2) is 0 Å². The van der Waals surface area contributed by atoms with Crippen LogP contribution >= 0.6 is 0 Å². The van der Waals surface area contributed by atoms with Gasteiger partial charge in [-0.05, 0) is 206 Å². The van der Waals surface area contributed by atoms with Crippen molar-refractivity contribution in [2.45, 2.75) is 161 Å². The molecule has 80 heavy (non-hydrogen) atoms. The maximum atomic E-state index is 7.86. The second kappa shape index (κ2) is 17.4. The van der Waals surface area contributed by atoms with Crippen LogP contribution in [0.15, 0.2) is 168 Å². The summed E-state index contributed by atoms with van der Waals surface area (Å²) in [5, 5.41) is 1.21. The number of hydrogen-bond acceptors (Lipinski definition) is 4. The van der Waals surface area contributed by atoms with Crippen LogP contribution in [-0.4, -0.2) is 6.71 Å². The summed E-state index contributed by atoms with van der Waals surface area (Å²) in [6.07, 6.45) is 7.16. The van der Waals surface area contributed by atoms with Gasteiger partial charge in [-0.1, -0.05) is 174 Å². The highest BCUT2D eigenvalue weighted by Gasteiger charge is 2.51. The summed E-state index contributed by atoms with van der Waals surface area (Å²) >= 11 is 0. The molecule has 9 aromatic rings. The van der Waals surface area contributed by atoms with Crippen molar-refractivity contribution in [3.8, 4) is 11.1 Å². The first kappa shape index (κ1) is 50.9. The van der Waals surface area contributed by atoms with E-state index >= 15 is 0 Å². The van der Waals surface area contributed by atoms with Gasteiger partial charge < -0.3 is 19.1 Å². The van der Waals surface area contributed by atoms with E-state index in [4.69, 9.17) is 4.42 Å². The Balaban J connectivity index is 1.16. The van der Waals surface area contributed by atoms with Gasteiger partial charge in [-0.25, -0.2) is 0 Å². The van der Waals surface area contributed by atoms with Crippen LogP contribution in [0.1, 0.15) is 161 Å². The second-order valence-corrected chi connectivity index (χ2v) is 28.7. The molecule has 0 atom stereocenters. The molecule has 0 radical (unpaired) electrons. The van der Waals surface area contributed by atoms with Gasteiger partial charge >= 0.3 is 0 Å². The SMILES string of the molecule is Cc1ccccc1N(c1ccccc1)c1cc2c3c(c1)N(c1ccc4c(c1)C(C)(C)CCC4(C)C)c1c(oc4cc5c(cc14)C1(C)CCC5(C)CC1)B3c1cc(C(C)(C)C)ccc1N2c1ccc(C(C)(C)C)cc1-c1ccccc1. The monoisotopic (exact) mass is 1050 g/mol. The lowest BCUT2D eigenvalue weighted by Gasteiger charge is -2.52. The molecule has 4 nitrogen and oxygen atoms in total. The number of aryl methyl sites for hydroxylation is 1. The van der Waals surface area contributed by atoms with E-state index in [1.807, 2.05) is 0 Å². The molecule has 0 amide bonds. The van der Waals surface area contributed by atoms with Crippen LogP contribution < -0.4 is 31.3 Å². The average Bonchev–Trinajstić information content (AvgIpc) is 2.02.